The van der Waals surface area contributed by atoms with Crippen LogP contribution in [0.15, 0.2) is 23.1 Å². The molecule has 0 spiro atoms. The van der Waals surface area contributed by atoms with Crippen LogP contribution in [0.3, 0.4) is 0 Å². The minimum absolute atomic E-state index is 0.424. The average Bonchev–Trinajstić information content (AvgIpc) is 3.16. The molecule has 0 radical (unpaired) electrons. The minimum atomic E-state index is -0.570. The molecule has 1 fully saturated rings. The molecule has 0 amide bonds. The van der Waals surface area contributed by atoms with Gasteiger partial charge in [0.1, 0.15) is 17.2 Å². The number of thioether (sulfide) groups is 1. The Morgan fingerprint density at radius 3 is 2.79 bits per heavy atom. The van der Waals surface area contributed by atoms with Crippen LogP contribution in [0.2, 0.25) is 0 Å². The molecule has 0 saturated heterocycles. The highest BCUT2D eigenvalue weighted by molar-refractivity contribution is 7.99. The van der Waals surface area contributed by atoms with E-state index >= 15 is 0 Å². The van der Waals surface area contributed by atoms with E-state index in [2.05, 4.69) is 11.4 Å². The normalized spacial score (nSPS) is 17.8. The van der Waals surface area contributed by atoms with Crippen LogP contribution in [0.4, 0.5) is 8.78 Å². The highest BCUT2D eigenvalue weighted by Gasteiger charge is 2.32. The molecular weight excluding hydrogens is 266 g/mol. The second-order valence-corrected chi connectivity index (χ2v) is 6.17. The molecule has 1 unspecified atom stereocenters. The van der Waals surface area contributed by atoms with Gasteiger partial charge >= 0.3 is 0 Å². The van der Waals surface area contributed by atoms with Crippen molar-refractivity contribution < 1.29 is 8.78 Å². The van der Waals surface area contributed by atoms with Crippen molar-refractivity contribution in [2.24, 2.45) is 0 Å². The Balaban J connectivity index is 1.86. The second kappa shape index (κ2) is 5.89. The molecule has 1 aliphatic carbocycles. The molecule has 1 aliphatic rings. The summed E-state index contributed by atoms with van der Waals surface area (Å²) in [5, 5.41) is 12.5. The summed E-state index contributed by atoms with van der Waals surface area (Å²) in [7, 11) is 0. The SMILES string of the molecule is CC(C#N)(CCSc1ccc(F)cc1F)NC1CC1. The molecule has 0 aromatic heterocycles. The van der Waals surface area contributed by atoms with E-state index in [1.807, 2.05) is 6.92 Å². The van der Waals surface area contributed by atoms with Crippen LogP contribution in [-0.2, 0) is 0 Å². The van der Waals surface area contributed by atoms with Gasteiger partial charge in [0, 0.05) is 22.8 Å². The summed E-state index contributed by atoms with van der Waals surface area (Å²) in [5.41, 5.74) is -0.565. The van der Waals surface area contributed by atoms with Gasteiger partial charge in [-0.1, -0.05) is 0 Å². The predicted molar refractivity (Wildman–Crippen MR) is 71.9 cm³/mol. The van der Waals surface area contributed by atoms with Crippen molar-refractivity contribution >= 4 is 11.8 Å². The molecule has 1 saturated carbocycles. The van der Waals surface area contributed by atoms with Crippen LogP contribution in [0.1, 0.15) is 26.2 Å². The van der Waals surface area contributed by atoms with E-state index in [0.717, 1.165) is 18.9 Å². The van der Waals surface area contributed by atoms with Gasteiger partial charge in [0.05, 0.1) is 6.07 Å². The summed E-state index contributed by atoms with van der Waals surface area (Å²) >= 11 is 1.31. The van der Waals surface area contributed by atoms with Gasteiger partial charge in [-0.25, -0.2) is 8.78 Å². The van der Waals surface area contributed by atoms with E-state index in [0.29, 0.717) is 23.1 Å². The lowest BCUT2D eigenvalue weighted by molar-refractivity contribution is 0.433. The van der Waals surface area contributed by atoms with E-state index in [4.69, 9.17) is 0 Å². The highest BCUT2D eigenvalue weighted by atomic mass is 32.2. The zero-order valence-corrected chi connectivity index (χ0v) is 11.6. The molecule has 0 aliphatic heterocycles. The van der Waals surface area contributed by atoms with Gasteiger partial charge in [0.15, 0.2) is 0 Å². The molecule has 1 aromatic carbocycles. The third kappa shape index (κ3) is 4.19. The molecule has 2 rings (SSSR count). The van der Waals surface area contributed by atoms with Crippen molar-refractivity contribution in [3.63, 3.8) is 0 Å². The van der Waals surface area contributed by atoms with Gasteiger partial charge in [-0.05, 0) is 38.3 Å². The number of nitrogens with one attached hydrogen (secondary N) is 1. The molecule has 1 atom stereocenters. The van der Waals surface area contributed by atoms with Crippen LogP contribution >= 0.6 is 11.8 Å². The zero-order chi connectivity index (χ0) is 13.9. The standard InChI is InChI=1S/C14H16F2N2S/c1-14(9-17,18-11-3-4-11)6-7-19-13-5-2-10(15)8-12(13)16/h2,5,8,11,18H,3-4,6-7H2,1H3. The molecule has 2 nitrogen and oxygen atoms in total. The van der Waals surface area contributed by atoms with Gasteiger partial charge in [-0.3, -0.25) is 5.32 Å². The van der Waals surface area contributed by atoms with E-state index in [-0.39, 0.29) is 0 Å². The monoisotopic (exact) mass is 282 g/mol. The maximum atomic E-state index is 13.4. The Kier molecular flexibility index (Phi) is 4.43. The summed E-state index contributed by atoms with van der Waals surface area (Å²) in [6.07, 6.45) is 2.87. The molecule has 102 valence electrons. The molecule has 1 aromatic rings. The lowest BCUT2D eigenvalue weighted by Gasteiger charge is -2.22. The molecular formula is C14H16F2N2S. The first kappa shape index (κ1) is 14.3. The highest BCUT2D eigenvalue weighted by Crippen LogP contribution is 2.27. The molecule has 0 heterocycles. The van der Waals surface area contributed by atoms with Crippen molar-refractivity contribution in [2.75, 3.05) is 5.75 Å². The van der Waals surface area contributed by atoms with Crippen molar-refractivity contribution in [3.05, 3.63) is 29.8 Å². The summed E-state index contributed by atoms with van der Waals surface area (Å²) in [6, 6.07) is 6.31. The fourth-order valence-corrected chi connectivity index (χ4v) is 2.89. The number of rotatable bonds is 6. The van der Waals surface area contributed by atoms with Crippen molar-refractivity contribution in [1.29, 1.82) is 5.26 Å². The van der Waals surface area contributed by atoms with Gasteiger partial charge in [0.2, 0.25) is 0 Å². The first-order valence-corrected chi connectivity index (χ1v) is 7.28. The summed E-state index contributed by atoms with van der Waals surface area (Å²) in [4.78, 5) is 0.424. The van der Waals surface area contributed by atoms with Gasteiger partial charge in [-0.2, -0.15) is 5.26 Å². The lowest BCUT2D eigenvalue weighted by Crippen LogP contribution is -2.42. The first-order valence-electron chi connectivity index (χ1n) is 6.29. The fourth-order valence-electron chi connectivity index (χ4n) is 1.80. The van der Waals surface area contributed by atoms with Gasteiger partial charge in [0.25, 0.3) is 0 Å². The van der Waals surface area contributed by atoms with Crippen LogP contribution in [0.5, 0.6) is 0 Å². The quantitative estimate of drug-likeness (QED) is 0.811. The Morgan fingerprint density at radius 1 is 1.47 bits per heavy atom. The molecule has 19 heavy (non-hydrogen) atoms. The number of halogens is 2. The number of hydrogen-bond donors (Lipinski definition) is 1. The molecule has 0 bridgehead atoms. The van der Waals surface area contributed by atoms with Crippen molar-refractivity contribution in [1.82, 2.24) is 5.32 Å². The Hall–Kier alpha value is -1.12. The van der Waals surface area contributed by atoms with Crippen molar-refractivity contribution in [2.45, 2.75) is 42.7 Å². The van der Waals surface area contributed by atoms with Crippen molar-refractivity contribution in [3.8, 4) is 6.07 Å². The van der Waals surface area contributed by atoms with Crippen LogP contribution in [-0.4, -0.2) is 17.3 Å². The van der Waals surface area contributed by atoms with Gasteiger partial charge < -0.3 is 0 Å². The Morgan fingerprint density at radius 2 is 2.21 bits per heavy atom. The summed E-state index contributed by atoms with van der Waals surface area (Å²) < 4.78 is 26.2. The second-order valence-electron chi connectivity index (χ2n) is 5.04. The fraction of sp³-hybridized carbons (Fsp3) is 0.500. The predicted octanol–water partition coefficient (Wildman–Crippen LogP) is 3.48. The summed E-state index contributed by atoms with van der Waals surface area (Å²) in [5.74, 6) is -0.496. The zero-order valence-electron chi connectivity index (χ0n) is 10.7. The smallest absolute Gasteiger partial charge is 0.139 e. The number of benzene rings is 1. The van der Waals surface area contributed by atoms with E-state index in [1.54, 1.807) is 0 Å². The number of nitriles is 1. The third-order valence-electron chi connectivity index (χ3n) is 3.10. The van der Waals surface area contributed by atoms with E-state index < -0.39 is 17.2 Å². The average molecular weight is 282 g/mol. The first-order chi connectivity index (χ1) is 9.02. The maximum absolute atomic E-state index is 13.4. The Bertz CT molecular complexity index is 497. The topological polar surface area (TPSA) is 35.8 Å². The van der Waals surface area contributed by atoms with Crippen LogP contribution in [0, 0.1) is 23.0 Å². The number of hydrogen-bond acceptors (Lipinski definition) is 3. The molecule has 5 heteroatoms. The van der Waals surface area contributed by atoms with Gasteiger partial charge in [-0.15, -0.1) is 11.8 Å². The van der Waals surface area contributed by atoms with E-state index in [9.17, 15) is 14.0 Å². The number of nitrogens with zero attached hydrogens (tertiary/aromatic N) is 1. The van der Waals surface area contributed by atoms with Crippen LogP contribution in [0.25, 0.3) is 0 Å². The maximum Gasteiger partial charge on any atom is 0.139 e. The Labute approximate surface area is 116 Å². The summed E-state index contributed by atoms with van der Waals surface area (Å²) in [6.45, 7) is 1.87. The minimum Gasteiger partial charge on any atom is -0.297 e. The largest absolute Gasteiger partial charge is 0.297 e. The third-order valence-corrected chi connectivity index (χ3v) is 4.15. The van der Waals surface area contributed by atoms with E-state index in [1.165, 1.54) is 23.9 Å². The van der Waals surface area contributed by atoms with Crippen LogP contribution < -0.4 is 5.32 Å². The molecule has 1 N–H and O–H groups in total. The lowest BCUT2D eigenvalue weighted by atomic mass is 10.0.